The van der Waals surface area contributed by atoms with Crippen LogP contribution in [0.15, 0.2) is 77.7 Å². The highest BCUT2D eigenvalue weighted by atomic mass is 32.2. The number of aliphatic carboxylic acids is 1. The number of halogens is 2. The molecule has 9 heteroatoms. The van der Waals surface area contributed by atoms with E-state index in [0.717, 1.165) is 51.7 Å². The lowest BCUT2D eigenvalue weighted by Gasteiger charge is -2.49. The average Bonchev–Trinajstić information content (AvgIpc) is 2.78. The van der Waals surface area contributed by atoms with Crippen LogP contribution in [0.1, 0.15) is 30.4 Å². The van der Waals surface area contributed by atoms with E-state index in [4.69, 9.17) is 0 Å². The molecule has 0 atom stereocenters. The quantitative estimate of drug-likeness (QED) is 0.423. The molecule has 0 radical (unpaired) electrons. The summed E-state index contributed by atoms with van der Waals surface area (Å²) in [6.45, 7) is -1.76. The summed E-state index contributed by atoms with van der Waals surface area (Å²) in [6, 6.07) is 20.0. The van der Waals surface area contributed by atoms with Crippen LogP contribution < -0.4 is 4.74 Å². The minimum atomic E-state index is -4.27. The number of carbonyl (C=O) groups is 1. The highest BCUT2D eigenvalue weighted by molar-refractivity contribution is 7.89. The summed E-state index contributed by atoms with van der Waals surface area (Å²) in [5.74, 6) is -1.47. The normalized spacial score (nSPS) is 15.1. The minimum absolute atomic E-state index is 0.186. The molecule has 184 valence electrons. The molecule has 1 saturated carbocycles. The molecule has 6 nitrogen and oxygen atoms in total. The van der Waals surface area contributed by atoms with Gasteiger partial charge in [0.15, 0.2) is 0 Å². The second-order valence-corrected chi connectivity index (χ2v) is 10.4. The molecule has 3 aromatic rings. The molecule has 1 N–H and O–H groups in total. The lowest BCUT2D eigenvalue weighted by atomic mass is 9.71. The Hall–Kier alpha value is -3.30. The Labute approximate surface area is 202 Å². The van der Waals surface area contributed by atoms with E-state index in [1.54, 1.807) is 0 Å². The molecule has 0 spiro atoms. The van der Waals surface area contributed by atoms with E-state index < -0.39 is 34.7 Å². The second-order valence-electron chi connectivity index (χ2n) is 8.53. The van der Waals surface area contributed by atoms with Gasteiger partial charge in [-0.05, 0) is 72.7 Å². The van der Waals surface area contributed by atoms with E-state index in [2.05, 4.69) is 4.74 Å². The van der Waals surface area contributed by atoms with Gasteiger partial charge >= 0.3 is 12.6 Å². The van der Waals surface area contributed by atoms with E-state index in [9.17, 15) is 27.1 Å². The van der Waals surface area contributed by atoms with Crippen molar-refractivity contribution in [3.05, 3.63) is 83.9 Å². The van der Waals surface area contributed by atoms with Crippen LogP contribution in [0.25, 0.3) is 11.1 Å². The van der Waals surface area contributed by atoms with Gasteiger partial charge in [-0.15, -0.1) is 0 Å². The molecule has 0 heterocycles. The molecular weight excluding hydrogens is 476 g/mol. The van der Waals surface area contributed by atoms with Gasteiger partial charge in [0.25, 0.3) is 0 Å². The fourth-order valence-electron chi connectivity index (χ4n) is 4.56. The first kappa shape index (κ1) is 24.8. The first-order valence-electron chi connectivity index (χ1n) is 11.1. The Balaban J connectivity index is 1.72. The first-order valence-corrected chi connectivity index (χ1v) is 12.5. The van der Waals surface area contributed by atoms with Crippen molar-refractivity contribution in [3.8, 4) is 16.9 Å². The maximum atomic E-state index is 13.6. The number of sulfonamides is 1. The number of hydrogen-bond donors (Lipinski definition) is 1. The largest absolute Gasteiger partial charge is 0.480 e. The van der Waals surface area contributed by atoms with Crippen molar-refractivity contribution in [3.63, 3.8) is 0 Å². The Morgan fingerprint density at radius 3 is 2.17 bits per heavy atom. The topological polar surface area (TPSA) is 83.9 Å². The van der Waals surface area contributed by atoms with E-state index >= 15 is 0 Å². The van der Waals surface area contributed by atoms with Crippen molar-refractivity contribution in [2.75, 3.05) is 6.54 Å². The maximum absolute atomic E-state index is 13.6. The van der Waals surface area contributed by atoms with Crippen LogP contribution in [0, 0.1) is 6.92 Å². The monoisotopic (exact) mass is 501 g/mol. The Morgan fingerprint density at radius 1 is 1.03 bits per heavy atom. The fourth-order valence-corrected chi connectivity index (χ4v) is 6.32. The molecule has 0 aliphatic heterocycles. The van der Waals surface area contributed by atoms with Crippen LogP contribution in [-0.2, 0) is 20.4 Å². The number of nitrogens with zero attached hydrogens (tertiary/aromatic N) is 1. The third-order valence-corrected chi connectivity index (χ3v) is 8.38. The number of ether oxygens (including phenoxy) is 1. The molecular formula is C26H25F2NO5S. The second kappa shape index (κ2) is 9.75. The summed E-state index contributed by atoms with van der Waals surface area (Å²) in [7, 11) is -4.27. The zero-order chi connectivity index (χ0) is 25.2. The fraction of sp³-hybridized carbons (Fsp3) is 0.269. The number of hydrogen-bond acceptors (Lipinski definition) is 4. The van der Waals surface area contributed by atoms with Crippen LogP contribution in [0.2, 0.25) is 0 Å². The van der Waals surface area contributed by atoms with Gasteiger partial charge < -0.3 is 9.84 Å². The first-order chi connectivity index (χ1) is 16.6. The van der Waals surface area contributed by atoms with Gasteiger partial charge in [-0.3, -0.25) is 4.79 Å². The van der Waals surface area contributed by atoms with Crippen molar-refractivity contribution in [2.24, 2.45) is 0 Å². The highest BCUT2D eigenvalue weighted by Gasteiger charge is 2.50. The Morgan fingerprint density at radius 2 is 1.66 bits per heavy atom. The van der Waals surface area contributed by atoms with E-state index in [-0.39, 0.29) is 10.6 Å². The predicted molar refractivity (Wildman–Crippen MR) is 127 cm³/mol. The molecule has 0 bridgehead atoms. The van der Waals surface area contributed by atoms with Crippen LogP contribution in [0.4, 0.5) is 8.78 Å². The van der Waals surface area contributed by atoms with E-state index in [1.165, 1.54) is 0 Å². The van der Waals surface area contributed by atoms with Gasteiger partial charge in [0, 0.05) is 0 Å². The molecule has 0 amide bonds. The van der Waals surface area contributed by atoms with Crippen molar-refractivity contribution in [1.29, 1.82) is 0 Å². The predicted octanol–water partition coefficient (Wildman–Crippen LogP) is 5.42. The average molecular weight is 502 g/mol. The van der Waals surface area contributed by atoms with Gasteiger partial charge in [-0.25, -0.2) is 8.42 Å². The van der Waals surface area contributed by atoms with Crippen LogP contribution >= 0.6 is 0 Å². The van der Waals surface area contributed by atoms with Gasteiger partial charge in [0.05, 0.1) is 10.4 Å². The van der Waals surface area contributed by atoms with Crippen molar-refractivity contribution in [1.82, 2.24) is 4.31 Å². The van der Waals surface area contributed by atoms with Crippen LogP contribution in [-0.4, -0.2) is 37.0 Å². The zero-order valence-corrected chi connectivity index (χ0v) is 19.8. The number of carboxylic acid groups (broad SMARTS) is 1. The summed E-state index contributed by atoms with van der Waals surface area (Å²) < 4.78 is 57.5. The van der Waals surface area contributed by atoms with Crippen molar-refractivity contribution < 1.29 is 31.8 Å². The summed E-state index contributed by atoms with van der Waals surface area (Å²) in [5, 5.41) is 9.58. The van der Waals surface area contributed by atoms with Gasteiger partial charge in [-0.1, -0.05) is 48.5 Å². The summed E-state index contributed by atoms with van der Waals surface area (Å²) in [5.41, 5.74) is 2.84. The van der Waals surface area contributed by atoms with Gasteiger partial charge in [0.1, 0.15) is 12.3 Å². The van der Waals surface area contributed by atoms with Crippen LogP contribution in [0.3, 0.4) is 0 Å². The maximum Gasteiger partial charge on any atom is 0.387 e. The zero-order valence-electron chi connectivity index (χ0n) is 19.0. The van der Waals surface area contributed by atoms with Crippen LogP contribution in [0.5, 0.6) is 5.75 Å². The lowest BCUT2D eigenvalue weighted by molar-refractivity contribution is -0.139. The number of rotatable bonds is 9. The van der Waals surface area contributed by atoms with Gasteiger partial charge in [-0.2, -0.15) is 13.1 Å². The minimum Gasteiger partial charge on any atom is -0.480 e. The molecule has 1 aliphatic carbocycles. The summed E-state index contributed by atoms with van der Waals surface area (Å²) in [4.78, 5) is 11.6. The molecule has 35 heavy (non-hydrogen) atoms. The number of carboxylic acids is 1. The molecule has 3 aromatic carbocycles. The number of benzene rings is 3. The van der Waals surface area contributed by atoms with Crippen molar-refractivity contribution >= 4 is 16.0 Å². The summed E-state index contributed by atoms with van der Waals surface area (Å²) in [6.07, 6.45) is 1.68. The molecule has 0 unspecified atom stereocenters. The van der Waals surface area contributed by atoms with Crippen molar-refractivity contribution in [2.45, 2.75) is 43.2 Å². The Bertz CT molecular complexity index is 1300. The molecule has 1 fully saturated rings. The van der Waals surface area contributed by atoms with Gasteiger partial charge in [0.2, 0.25) is 10.0 Å². The SMILES string of the molecule is Cc1ccccc1-c1ccc(C2(N(CC(=O)O)S(=O)(=O)c3ccc(OC(F)F)cc3)CCC2)cc1. The third kappa shape index (κ3) is 4.92. The third-order valence-electron chi connectivity index (χ3n) is 6.45. The smallest absolute Gasteiger partial charge is 0.387 e. The van der Waals surface area contributed by atoms with E-state index in [1.807, 2.05) is 55.5 Å². The lowest BCUT2D eigenvalue weighted by Crippen LogP contribution is -2.55. The Kier molecular flexibility index (Phi) is 6.91. The number of alkyl halides is 2. The molecule has 0 saturated heterocycles. The summed E-state index contributed by atoms with van der Waals surface area (Å²) >= 11 is 0. The number of aryl methyl sites for hydroxylation is 1. The highest BCUT2D eigenvalue weighted by Crippen LogP contribution is 2.49. The molecule has 4 rings (SSSR count). The molecule has 0 aromatic heterocycles. The molecule has 1 aliphatic rings. The van der Waals surface area contributed by atoms with E-state index in [0.29, 0.717) is 18.4 Å². The standard InChI is InChI=1S/C26H25F2NO5S/c1-18-5-2-3-6-23(18)19-7-9-20(10-8-19)26(15-4-16-26)29(17-24(30)31)35(32,33)22-13-11-21(12-14-22)34-25(27)28/h2-3,5-14,25H,4,15-17H2,1H3,(H,30,31).